The van der Waals surface area contributed by atoms with Gasteiger partial charge in [0.05, 0.1) is 5.69 Å². The number of aryl methyl sites for hydroxylation is 1. The number of anilines is 1. The van der Waals surface area contributed by atoms with Gasteiger partial charge < -0.3 is 0 Å². The van der Waals surface area contributed by atoms with Crippen LogP contribution in [-0.2, 0) is 21.5 Å². The molecule has 0 saturated heterocycles. The van der Waals surface area contributed by atoms with E-state index >= 15 is 0 Å². The molecule has 0 heterocycles. The Labute approximate surface area is 154 Å². The van der Waals surface area contributed by atoms with Crippen molar-refractivity contribution in [1.29, 1.82) is 0 Å². The summed E-state index contributed by atoms with van der Waals surface area (Å²) in [7, 11) is -4.27. The highest BCUT2D eigenvalue weighted by Crippen LogP contribution is 2.66. The smallest absolute Gasteiger partial charge is 0.299 e. The van der Waals surface area contributed by atoms with Crippen LogP contribution in [0.25, 0.3) is 0 Å². The molecule has 0 radical (unpaired) electrons. The summed E-state index contributed by atoms with van der Waals surface area (Å²) in [6, 6.07) is 5.51. The van der Waals surface area contributed by atoms with Crippen LogP contribution in [0.1, 0.15) is 56.1 Å². The fraction of sp³-hybridized carbons (Fsp3) is 0.550. The van der Waals surface area contributed by atoms with E-state index < -0.39 is 10.3 Å². The maximum atomic E-state index is 12.6. The van der Waals surface area contributed by atoms with Crippen molar-refractivity contribution in [3.05, 3.63) is 42.0 Å². The number of carbonyl (C=O) groups is 1. The van der Waals surface area contributed by atoms with Gasteiger partial charge in [-0.05, 0) is 72.6 Å². The number of carbonyl (C=O) groups excluding carboxylic acids is 1. The summed E-state index contributed by atoms with van der Waals surface area (Å²) >= 11 is 0. The normalized spacial score (nSPS) is 36.0. The average Bonchev–Trinajstić information content (AvgIpc) is 2.88. The van der Waals surface area contributed by atoms with Crippen molar-refractivity contribution in [2.75, 3.05) is 4.72 Å². The summed E-state index contributed by atoms with van der Waals surface area (Å²) in [6.07, 6.45) is 7.31. The van der Waals surface area contributed by atoms with Crippen LogP contribution in [0.2, 0.25) is 0 Å². The van der Waals surface area contributed by atoms with Crippen molar-refractivity contribution in [2.24, 2.45) is 16.7 Å². The third-order valence-electron chi connectivity index (χ3n) is 7.29. The zero-order valence-corrected chi connectivity index (χ0v) is 15.8. The van der Waals surface area contributed by atoms with Gasteiger partial charge in [-0.3, -0.25) is 14.1 Å². The van der Waals surface area contributed by atoms with E-state index in [9.17, 15) is 13.2 Å². The summed E-state index contributed by atoms with van der Waals surface area (Å²) in [6.45, 7) is 6.32. The monoisotopic (exact) mass is 375 g/mol. The lowest BCUT2D eigenvalue weighted by atomic mass is 9.47. The van der Waals surface area contributed by atoms with Gasteiger partial charge in [0.2, 0.25) is 0 Å². The Morgan fingerprint density at radius 2 is 2.04 bits per heavy atom. The molecule has 0 aliphatic heterocycles. The molecule has 4 atom stereocenters. The minimum absolute atomic E-state index is 0.0653. The number of hydrogen-bond acceptors (Lipinski definition) is 3. The summed E-state index contributed by atoms with van der Waals surface area (Å²) < 4.78 is 33.3. The lowest BCUT2D eigenvalue weighted by Crippen LogP contribution is -2.49. The van der Waals surface area contributed by atoms with Gasteiger partial charge in [-0.2, -0.15) is 8.42 Å². The number of benzene rings is 1. The molecule has 0 aromatic heterocycles. The van der Waals surface area contributed by atoms with E-state index in [0.717, 1.165) is 37.7 Å². The molecule has 2 saturated carbocycles. The minimum atomic E-state index is -4.27. The van der Waals surface area contributed by atoms with Gasteiger partial charge >= 0.3 is 10.3 Å². The lowest BCUT2D eigenvalue weighted by molar-refractivity contribution is -0.131. The fourth-order valence-electron chi connectivity index (χ4n) is 6.11. The molecule has 0 bridgehead atoms. The van der Waals surface area contributed by atoms with Gasteiger partial charge in [-0.1, -0.05) is 19.1 Å². The van der Waals surface area contributed by atoms with Crippen LogP contribution >= 0.6 is 0 Å². The predicted octanol–water partition coefficient (Wildman–Crippen LogP) is 3.88. The van der Waals surface area contributed by atoms with E-state index in [1.54, 1.807) is 6.07 Å². The number of fused-ring (bicyclic) bond motifs is 5. The zero-order valence-electron chi connectivity index (χ0n) is 15.0. The van der Waals surface area contributed by atoms with Crippen LogP contribution < -0.4 is 4.72 Å². The molecule has 0 unspecified atom stereocenters. The first-order valence-corrected chi connectivity index (χ1v) is 10.7. The third kappa shape index (κ3) is 2.46. The molecule has 4 rings (SSSR count). The maximum absolute atomic E-state index is 12.6. The molecule has 1 aromatic carbocycles. The first-order chi connectivity index (χ1) is 12.2. The number of rotatable bonds is 3. The van der Waals surface area contributed by atoms with Gasteiger partial charge in [0.25, 0.3) is 0 Å². The van der Waals surface area contributed by atoms with Gasteiger partial charge in [0.15, 0.2) is 0 Å². The molecule has 2 fully saturated rings. The van der Waals surface area contributed by atoms with Crippen molar-refractivity contribution in [2.45, 2.75) is 51.4 Å². The van der Waals surface area contributed by atoms with Crippen LogP contribution in [0.15, 0.2) is 30.9 Å². The highest BCUT2D eigenvalue weighted by molar-refractivity contribution is 7.87. The first kappa shape index (κ1) is 17.7. The second-order valence-corrected chi connectivity index (χ2v) is 9.48. The van der Waals surface area contributed by atoms with Gasteiger partial charge in [-0.15, -0.1) is 6.58 Å². The van der Waals surface area contributed by atoms with Crippen LogP contribution in [0.5, 0.6) is 0 Å². The lowest BCUT2D eigenvalue weighted by Gasteiger charge is -2.56. The molecule has 3 aliphatic carbocycles. The summed E-state index contributed by atoms with van der Waals surface area (Å²) in [4.78, 5) is 12.6. The Morgan fingerprint density at radius 3 is 2.73 bits per heavy atom. The number of nitrogens with one attached hydrogen (secondary N) is 1. The topological polar surface area (TPSA) is 83.5 Å². The molecule has 26 heavy (non-hydrogen) atoms. The van der Waals surface area contributed by atoms with Crippen molar-refractivity contribution in [3.63, 3.8) is 0 Å². The number of Topliss-reactive ketones (excluding diaryl/α,β-unsaturated/α-hetero) is 1. The van der Waals surface area contributed by atoms with Gasteiger partial charge in [-0.25, -0.2) is 0 Å². The Bertz CT molecular complexity index is 893. The van der Waals surface area contributed by atoms with Crippen molar-refractivity contribution >= 4 is 21.8 Å². The predicted molar refractivity (Wildman–Crippen MR) is 100 cm³/mol. The largest absolute Gasteiger partial charge is 0.357 e. The fourth-order valence-corrected chi connectivity index (χ4v) is 6.54. The average molecular weight is 375 g/mol. The summed E-state index contributed by atoms with van der Waals surface area (Å²) in [5.41, 5.74) is 2.44. The molecule has 0 amide bonds. The van der Waals surface area contributed by atoms with Crippen LogP contribution in [0, 0.1) is 16.7 Å². The SMILES string of the molecule is C=C[C@@]12CCc3cc(NS(=O)(=O)O)ccc3[C@H]1CC[C@]1(C)C(=O)CC[C@@H]21. The van der Waals surface area contributed by atoms with Crippen LogP contribution in [0.4, 0.5) is 5.69 Å². The maximum Gasteiger partial charge on any atom is 0.357 e. The molecule has 140 valence electrons. The van der Waals surface area contributed by atoms with Crippen LogP contribution in [-0.4, -0.2) is 18.8 Å². The van der Waals surface area contributed by atoms with Crippen LogP contribution in [0.3, 0.4) is 0 Å². The Balaban J connectivity index is 1.75. The molecule has 0 spiro atoms. The molecule has 5 nitrogen and oxygen atoms in total. The highest BCUT2D eigenvalue weighted by Gasteiger charge is 2.60. The van der Waals surface area contributed by atoms with E-state index in [4.69, 9.17) is 4.55 Å². The molecule has 3 aliphatic rings. The van der Waals surface area contributed by atoms with Crippen molar-refractivity contribution in [1.82, 2.24) is 0 Å². The Hall–Kier alpha value is -1.66. The quantitative estimate of drug-likeness (QED) is 0.620. The minimum Gasteiger partial charge on any atom is -0.299 e. The molecule has 2 N–H and O–H groups in total. The Morgan fingerprint density at radius 1 is 1.27 bits per heavy atom. The van der Waals surface area contributed by atoms with E-state index in [-0.39, 0.29) is 10.8 Å². The standard InChI is InChI=1S/C20H25NO4S/c1-3-20-11-8-13-12-14(21-26(23,24)25)4-5-15(13)16(20)9-10-19(2)17(20)6-7-18(19)22/h3-5,12,16-17,21H,1,6-11H2,2H3,(H,23,24,25)/t16-,17-,19+,20-/m1/s1. The molecular formula is C20H25NO4S. The molecule has 1 aromatic rings. The third-order valence-corrected chi connectivity index (χ3v) is 7.78. The molecular weight excluding hydrogens is 350 g/mol. The van der Waals surface area contributed by atoms with Crippen molar-refractivity contribution < 1.29 is 17.8 Å². The van der Waals surface area contributed by atoms with Gasteiger partial charge in [0, 0.05) is 11.8 Å². The van der Waals surface area contributed by atoms with E-state index in [1.807, 2.05) is 12.1 Å². The second kappa shape index (κ2) is 5.67. The van der Waals surface area contributed by atoms with E-state index in [0.29, 0.717) is 29.7 Å². The van der Waals surface area contributed by atoms with Gasteiger partial charge in [0.1, 0.15) is 5.78 Å². The number of ketones is 1. The Kier molecular flexibility index (Phi) is 3.87. The first-order valence-electron chi connectivity index (χ1n) is 9.24. The summed E-state index contributed by atoms with van der Waals surface area (Å²) in [5, 5.41) is 0. The molecule has 6 heteroatoms. The number of allylic oxidation sites excluding steroid dienone is 1. The number of hydrogen-bond donors (Lipinski definition) is 2. The zero-order chi connectivity index (χ0) is 18.7. The summed E-state index contributed by atoms with van der Waals surface area (Å²) in [5.74, 6) is 1.05. The highest BCUT2D eigenvalue weighted by atomic mass is 32.2. The van der Waals surface area contributed by atoms with E-state index in [1.165, 1.54) is 5.56 Å². The van der Waals surface area contributed by atoms with E-state index in [2.05, 4.69) is 24.3 Å². The van der Waals surface area contributed by atoms with Crippen molar-refractivity contribution in [3.8, 4) is 0 Å². The second-order valence-electron chi connectivity index (χ2n) is 8.33.